The van der Waals surface area contributed by atoms with Crippen LogP contribution in [0.25, 0.3) is 0 Å². The fraction of sp³-hybridized carbons (Fsp3) is 0.333. The van der Waals surface area contributed by atoms with Crippen molar-refractivity contribution in [1.29, 1.82) is 0 Å². The van der Waals surface area contributed by atoms with Crippen molar-refractivity contribution in [1.82, 2.24) is 14.5 Å². The van der Waals surface area contributed by atoms with Gasteiger partial charge in [-0.25, -0.2) is 0 Å². The molecule has 8 nitrogen and oxygen atoms in total. The van der Waals surface area contributed by atoms with Gasteiger partial charge in [-0.05, 0) is 19.1 Å². The van der Waals surface area contributed by atoms with E-state index in [1.165, 1.54) is 21.7 Å². The lowest BCUT2D eigenvalue weighted by Gasteiger charge is -2.33. The number of ether oxygens (including phenoxy) is 1. The van der Waals surface area contributed by atoms with E-state index in [4.69, 9.17) is 10.5 Å². The molecule has 28 heavy (non-hydrogen) atoms. The van der Waals surface area contributed by atoms with Crippen LogP contribution >= 0.6 is 0 Å². The predicted molar refractivity (Wildman–Crippen MR) is 91.4 cm³/mol. The average Bonchev–Trinajstić information content (AvgIpc) is 2.93. The summed E-state index contributed by atoms with van der Waals surface area (Å²) in [6, 6.07) is 3.02. The van der Waals surface area contributed by atoms with Gasteiger partial charge in [0.05, 0.1) is 18.7 Å². The molecule has 2 N–H and O–H groups in total. The maximum absolute atomic E-state index is 13.9. The third-order valence-corrected chi connectivity index (χ3v) is 5.13. The summed E-state index contributed by atoms with van der Waals surface area (Å²) < 4.78 is 34.3. The predicted octanol–water partition coefficient (Wildman–Crippen LogP) is 0.432. The minimum absolute atomic E-state index is 0.0981. The number of hydrogen-bond donors (Lipinski definition) is 1. The van der Waals surface area contributed by atoms with Crippen LogP contribution in [-0.2, 0) is 17.7 Å². The van der Waals surface area contributed by atoms with Crippen LogP contribution in [0.3, 0.4) is 0 Å². The minimum atomic E-state index is -0.924. The van der Waals surface area contributed by atoms with E-state index >= 15 is 0 Å². The monoisotopic (exact) mass is 390 g/mol. The molecule has 1 fully saturated rings. The first-order valence-corrected chi connectivity index (χ1v) is 8.59. The van der Waals surface area contributed by atoms with Crippen LogP contribution in [0.5, 0.6) is 0 Å². The minimum Gasteiger partial charge on any atom is -0.365 e. The molecule has 2 aliphatic rings. The van der Waals surface area contributed by atoms with E-state index in [1.54, 1.807) is 6.92 Å². The smallest absolute Gasteiger partial charge is 0.273 e. The van der Waals surface area contributed by atoms with Gasteiger partial charge < -0.3 is 19.9 Å². The molecular formula is C18H16F2N4O4. The quantitative estimate of drug-likeness (QED) is 0.765. The van der Waals surface area contributed by atoms with Gasteiger partial charge in [-0.1, -0.05) is 0 Å². The van der Waals surface area contributed by atoms with Gasteiger partial charge in [0.15, 0.2) is 11.7 Å². The number of pyridine rings is 2. The standard InChI is InChI=1S/C18H16F2N4O4/c1-8-13(4-9-2-3-14(19)22-16(9)20)28-15-7-23-6-10(17(21)26)12(25)5-11(23)18(27)24(8)15/h2-3,5-6,8,13,15H,4,7H2,1H3,(H2,21,26). The SMILES string of the molecule is CC1C(Cc2ccc(F)nc2F)OC2Cn3cc(C(N)=O)c(=O)cc3C(=O)N21. The Morgan fingerprint density at radius 3 is 2.79 bits per heavy atom. The summed E-state index contributed by atoms with van der Waals surface area (Å²) in [4.78, 5) is 41.0. The van der Waals surface area contributed by atoms with Gasteiger partial charge in [-0.15, -0.1) is 0 Å². The second kappa shape index (κ2) is 6.48. The van der Waals surface area contributed by atoms with E-state index in [9.17, 15) is 23.2 Å². The molecule has 3 atom stereocenters. The maximum atomic E-state index is 13.9. The Kier molecular flexibility index (Phi) is 4.22. The molecule has 4 rings (SSSR count). The van der Waals surface area contributed by atoms with Gasteiger partial charge in [0.25, 0.3) is 11.8 Å². The molecule has 2 aliphatic heterocycles. The number of amides is 2. The lowest BCUT2D eigenvalue weighted by atomic mass is 10.0. The molecule has 0 saturated carbocycles. The number of rotatable bonds is 3. The summed E-state index contributed by atoms with van der Waals surface area (Å²) >= 11 is 0. The molecule has 4 heterocycles. The Balaban J connectivity index is 1.63. The molecule has 0 radical (unpaired) electrons. The average molecular weight is 390 g/mol. The van der Waals surface area contributed by atoms with Crippen molar-refractivity contribution in [2.24, 2.45) is 5.73 Å². The molecule has 10 heteroatoms. The summed E-state index contributed by atoms with van der Waals surface area (Å²) in [6.07, 6.45) is 0.147. The fourth-order valence-electron chi connectivity index (χ4n) is 3.69. The van der Waals surface area contributed by atoms with Crippen molar-refractivity contribution < 1.29 is 23.1 Å². The Hall–Kier alpha value is -3.14. The first-order valence-electron chi connectivity index (χ1n) is 8.59. The third-order valence-electron chi connectivity index (χ3n) is 5.13. The lowest BCUT2D eigenvalue weighted by Crippen LogP contribution is -2.49. The van der Waals surface area contributed by atoms with Crippen molar-refractivity contribution in [3.63, 3.8) is 0 Å². The topological polar surface area (TPSA) is 108 Å². The number of primary amides is 1. The number of nitrogens with zero attached hydrogens (tertiary/aromatic N) is 3. The van der Waals surface area contributed by atoms with Crippen LogP contribution in [0.1, 0.15) is 33.3 Å². The number of hydrogen-bond acceptors (Lipinski definition) is 5. The van der Waals surface area contributed by atoms with Crippen LogP contribution in [0.15, 0.2) is 29.2 Å². The lowest BCUT2D eigenvalue weighted by molar-refractivity contribution is -0.0142. The van der Waals surface area contributed by atoms with Crippen LogP contribution in [0, 0.1) is 11.9 Å². The van der Waals surface area contributed by atoms with Crippen LogP contribution < -0.4 is 11.2 Å². The largest absolute Gasteiger partial charge is 0.365 e. The molecule has 3 unspecified atom stereocenters. The molecule has 0 spiro atoms. The number of fused-ring (bicyclic) bond motifs is 2. The number of carbonyl (C=O) groups excluding carboxylic acids is 2. The van der Waals surface area contributed by atoms with Crippen molar-refractivity contribution in [3.8, 4) is 0 Å². The molecule has 1 saturated heterocycles. The summed E-state index contributed by atoms with van der Waals surface area (Å²) in [5, 5.41) is 0. The maximum Gasteiger partial charge on any atom is 0.273 e. The van der Waals surface area contributed by atoms with E-state index < -0.39 is 47.5 Å². The van der Waals surface area contributed by atoms with Crippen molar-refractivity contribution in [2.75, 3.05) is 0 Å². The van der Waals surface area contributed by atoms with E-state index in [-0.39, 0.29) is 29.8 Å². The Morgan fingerprint density at radius 2 is 2.11 bits per heavy atom. The van der Waals surface area contributed by atoms with Gasteiger partial charge >= 0.3 is 0 Å². The zero-order valence-electron chi connectivity index (χ0n) is 14.8. The van der Waals surface area contributed by atoms with E-state index in [0.717, 1.165) is 12.1 Å². The van der Waals surface area contributed by atoms with Crippen molar-refractivity contribution in [3.05, 3.63) is 63.3 Å². The molecular weight excluding hydrogens is 374 g/mol. The first-order chi connectivity index (χ1) is 13.3. The van der Waals surface area contributed by atoms with Crippen LogP contribution in [0.4, 0.5) is 8.78 Å². The fourth-order valence-corrected chi connectivity index (χ4v) is 3.69. The zero-order valence-corrected chi connectivity index (χ0v) is 14.8. The molecule has 2 aromatic rings. The highest BCUT2D eigenvalue weighted by molar-refractivity contribution is 5.96. The molecule has 0 aromatic carbocycles. The third kappa shape index (κ3) is 2.85. The van der Waals surface area contributed by atoms with Gasteiger partial charge in [-0.3, -0.25) is 14.4 Å². The highest BCUT2D eigenvalue weighted by Crippen LogP contribution is 2.31. The Morgan fingerprint density at radius 1 is 1.36 bits per heavy atom. The molecule has 2 aromatic heterocycles. The Labute approximate surface area is 157 Å². The highest BCUT2D eigenvalue weighted by Gasteiger charge is 2.46. The summed E-state index contributed by atoms with van der Waals surface area (Å²) in [6.45, 7) is 1.94. The molecule has 146 valence electrons. The van der Waals surface area contributed by atoms with Gasteiger partial charge in [-0.2, -0.15) is 13.8 Å². The van der Waals surface area contributed by atoms with Gasteiger partial charge in [0.1, 0.15) is 11.3 Å². The van der Waals surface area contributed by atoms with E-state index in [2.05, 4.69) is 4.98 Å². The molecule has 0 bridgehead atoms. The van der Waals surface area contributed by atoms with E-state index in [1.807, 2.05) is 0 Å². The summed E-state index contributed by atoms with van der Waals surface area (Å²) in [5.74, 6) is -3.16. The summed E-state index contributed by atoms with van der Waals surface area (Å²) in [7, 11) is 0. The summed E-state index contributed by atoms with van der Waals surface area (Å²) in [5.41, 5.74) is 4.65. The Bertz CT molecular complexity index is 1050. The number of carbonyl (C=O) groups is 2. The number of nitrogens with two attached hydrogens (primary N) is 1. The first kappa shape index (κ1) is 18.2. The van der Waals surface area contributed by atoms with Crippen LogP contribution in [-0.4, -0.2) is 44.6 Å². The molecule has 2 amide bonds. The van der Waals surface area contributed by atoms with Gasteiger partial charge in [0, 0.05) is 24.2 Å². The number of halogens is 2. The van der Waals surface area contributed by atoms with Crippen LogP contribution in [0.2, 0.25) is 0 Å². The van der Waals surface area contributed by atoms with Crippen molar-refractivity contribution >= 4 is 11.8 Å². The second-order valence-electron chi connectivity index (χ2n) is 6.82. The van der Waals surface area contributed by atoms with Crippen molar-refractivity contribution in [2.45, 2.75) is 38.3 Å². The normalized spacial score (nSPS) is 23.5. The van der Waals surface area contributed by atoms with E-state index in [0.29, 0.717) is 0 Å². The zero-order chi connectivity index (χ0) is 20.2. The highest BCUT2D eigenvalue weighted by atomic mass is 19.1. The van der Waals surface area contributed by atoms with Gasteiger partial charge in [0.2, 0.25) is 11.9 Å². The number of aromatic nitrogens is 2. The second-order valence-corrected chi connectivity index (χ2v) is 6.82. The molecule has 0 aliphatic carbocycles.